The molecule has 0 spiro atoms. The normalized spacial score (nSPS) is 12.2. The van der Waals surface area contributed by atoms with Crippen LogP contribution in [0.4, 0.5) is 27.6 Å². The first-order valence-electron chi connectivity index (χ1n) is 10.8. The van der Waals surface area contributed by atoms with Gasteiger partial charge in [0, 0.05) is 10.4 Å². The number of rotatable bonds is 6. The molecular weight excluding hydrogens is 513 g/mol. The summed E-state index contributed by atoms with van der Waals surface area (Å²) in [6, 6.07) is 14.4. The first-order chi connectivity index (χ1) is 17.6. The second-order valence-electron chi connectivity index (χ2n) is 7.81. The maximum Gasteiger partial charge on any atom is 0.417 e. The number of hydrogen-bond acceptors (Lipinski definition) is 5. The summed E-state index contributed by atoms with van der Waals surface area (Å²) in [5.41, 5.74) is 1.63. The van der Waals surface area contributed by atoms with Gasteiger partial charge in [-0.15, -0.1) is 11.3 Å². The Morgan fingerprint density at radius 2 is 1.81 bits per heavy atom. The maximum absolute atomic E-state index is 15.7. The lowest BCUT2D eigenvalue weighted by atomic mass is 10.1. The van der Waals surface area contributed by atoms with Crippen molar-refractivity contribution in [2.24, 2.45) is 0 Å². The Kier molecular flexibility index (Phi) is 7.05. The lowest BCUT2D eigenvalue weighted by molar-refractivity contribution is -0.138. The summed E-state index contributed by atoms with van der Waals surface area (Å²) in [4.78, 5) is 13.7. The molecule has 4 aromatic rings. The molecule has 2 heterocycles. The minimum Gasteiger partial charge on any atom is -0.492 e. The van der Waals surface area contributed by atoms with Crippen molar-refractivity contribution >= 4 is 17.0 Å². The second kappa shape index (κ2) is 10.1. The van der Waals surface area contributed by atoms with Gasteiger partial charge in [0.2, 0.25) is 6.30 Å². The summed E-state index contributed by atoms with van der Waals surface area (Å²) < 4.78 is 77.2. The summed E-state index contributed by atoms with van der Waals surface area (Å²) >= 11 is 0.973. The molecule has 2 aromatic carbocycles. The minimum absolute atomic E-state index is 0.0912. The molecule has 0 saturated heterocycles. The number of benzene rings is 2. The molecule has 1 atom stereocenters. The third kappa shape index (κ3) is 4.93. The van der Waals surface area contributed by atoms with Gasteiger partial charge in [0.1, 0.15) is 23.2 Å². The molecule has 5 nitrogen and oxygen atoms in total. The van der Waals surface area contributed by atoms with Crippen molar-refractivity contribution in [2.45, 2.75) is 19.4 Å². The van der Waals surface area contributed by atoms with E-state index >= 15 is 4.39 Å². The lowest BCUT2D eigenvalue weighted by Gasteiger charge is -2.20. The largest absolute Gasteiger partial charge is 0.492 e. The first kappa shape index (κ1) is 25.9. The highest BCUT2D eigenvalue weighted by atomic mass is 32.1. The molecule has 11 heteroatoms. The molecule has 2 aromatic heterocycles. The Hall–Kier alpha value is -4.17. The zero-order chi connectivity index (χ0) is 26.9. The van der Waals surface area contributed by atoms with Crippen LogP contribution in [0.25, 0.3) is 21.0 Å². The third-order valence-electron chi connectivity index (χ3n) is 5.50. The van der Waals surface area contributed by atoms with Crippen molar-refractivity contribution in [1.82, 2.24) is 4.57 Å². The van der Waals surface area contributed by atoms with E-state index < -0.39 is 46.2 Å². The van der Waals surface area contributed by atoms with Crippen LogP contribution in [-0.4, -0.2) is 11.2 Å². The molecule has 0 saturated carbocycles. The summed E-state index contributed by atoms with van der Waals surface area (Å²) in [6.07, 6.45) is -7.56. The van der Waals surface area contributed by atoms with E-state index in [0.717, 1.165) is 23.5 Å². The maximum atomic E-state index is 15.7. The summed E-state index contributed by atoms with van der Waals surface area (Å²) in [7, 11) is 0. The van der Waals surface area contributed by atoms with E-state index in [-0.39, 0.29) is 4.88 Å². The van der Waals surface area contributed by atoms with Crippen LogP contribution in [0.1, 0.15) is 29.9 Å². The van der Waals surface area contributed by atoms with E-state index in [2.05, 4.69) is 0 Å². The van der Waals surface area contributed by atoms with Gasteiger partial charge in [0.05, 0.1) is 28.4 Å². The number of pyridine rings is 1. The number of nitriles is 1. The van der Waals surface area contributed by atoms with E-state index in [0.29, 0.717) is 39.1 Å². The first-order valence-corrected chi connectivity index (χ1v) is 11.7. The highest BCUT2D eigenvalue weighted by molar-refractivity contribution is 7.18. The highest BCUT2D eigenvalue weighted by Crippen LogP contribution is 2.40. The number of thiophene rings is 1. The van der Waals surface area contributed by atoms with Gasteiger partial charge in [-0.25, -0.2) is 8.78 Å². The Balaban J connectivity index is 1.93. The standard InChI is InChI=1S/C26H18F5N3O2S/c1-2-36-21-8-7-14(11-19(21)33)22-9-10-23(37-22)20-12-17(26(29,30)31)16(13-32)25(35)34(20)24(28)15-5-3-4-6-18(15)27/h3-12,24H,2,33H2,1H3. The van der Waals surface area contributed by atoms with Crippen molar-refractivity contribution in [3.63, 3.8) is 0 Å². The number of ether oxygens (including phenoxy) is 1. The van der Waals surface area contributed by atoms with Crippen LogP contribution in [0.3, 0.4) is 0 Å². The number of nitrogen functional groups attached to an aromatic ring is 1. The van der Waals surface area contributed by atoms with Crippen molar-refractivity contribution in [1.29, 1.82) is 5.26 Å². The van der Waals surface area contributed by atoms with Gasteiger partial charge >= 0.3 is 6.18 Å². The smallest absolute Gasteiger partial charge is 0.417 e. The lowest BCUT2D eigenvalue weighted by Crippen LogP contribution is -2.30. The number of alkyl halides is 4. The monoisotopic (exact) mass is 531 g/mol. The molecule has 1 unspecified atom stereocenters. The Morgan fingerprint density at radius 1 is 1.11 bits per heavy atom. The van der Waals surface area contributed by atoms with E-state index in [1.165, 1.54) is 24.3 Å². The third-order valence-corrected chi connectivity index (χ3v) is 6.66. The van der Waals surface area contributed by atoms with E-state index in [1.807, 2.05) is 0 Å². The number of halogens is 5. The summed E-state index contributed by atoms with van der Waals surface area (Å²) in [5, 5.41) is 9.32. The number of hydrogen-bond donors (Lipinski definition) is 1. The number of anilines is 1. The fraction of sp³-hybridized carbons (Fsp3) is 0.154. The Bertz CT molecular complexity index is 1570. The Morgan fingerprint density at radius 3 is 2.43 bits per heavy atom. The molecule has 0 aliphatic heterocycles. The molecule has 0 aliphatic rings. The predicted molar refractivity (Wildman–Crippen MR) is 130 cm³/mol. The zero-order valence-corrected chi connectivity index (χ0v) is 20.0. The molecule has 0 aliphatic carbocycles. The average molecular weight is 532 g/mol. The second-order valence-corrected chi connectivity index (χ2v) is 8.89. The molecular formula is C26H18F5N3O2S. The van der Waals surface area contributed by atoms with E-state index in [1.54, 1.807) is 31.2 Å². The fourth-order valence-corrected chi connectivity index (χ4v) is 4.81. The molecule has 0 bridgehead atoms. The molecule has 37 heavy (non-hydrogen) atoms. The topological polar surface area (TPSA) is 81.0 Å². The summed E-state index contributed by atoms with van der Waals surface area (Å²) in [5.74, 6) is -0.535. The van der Waals surface area contributed by atoms with Crippen LogP contribution >= 0.6 is 11.3 Å². The number of aromatic nitrogens is 1. The van der Waals surface area contributed by atoms with Gasteiger partial charge in [-0.1, -0.05) is 18.2 Å². The Labute approximate surface area is 211 Å². The highest BCUT2D eigenvalue weighted by Gasteiger charge is 2.38. The average Bonchev–Trinajstić information content (AvgIpc) is 3.34. The summed E-state index contributed by atoms with van der Waals surface area (Å²) in [6.45, 7) is 2.20. The minimum atomic E-state index is -5.06. The molecule has 0 fully saturated rings. The molecule has 2 N–H and O–H groups in total. The van der Waals surface area contributed by atoms with Crippen molar-refractivity contribution in [3.05, 3.63) is 93.5 Å². The van der Waals surface area contributed by atoms with Crippen molar-refractivity contribution < 1.29 is 26.7 Å². The number of nitrogens with zero attached hydrogens (tertiary/aromatic N) is 2. The quantitative estimate of drug-likeness (QED) is 0.220. The van der Waals surface area contributed by atoms with Crippen LogP contribution in [0.5, 0.6) is 5.75 Å². The van der Waals surface area contributed by atoms with Crippen LogP contribution in [0.15, 0.2) is 65.5 Å². The van der Waals surface area contributed by atoms with Gasteiger partial charge in [-0.05, 0) is 55.0 Å². The van der Waals surface area contributed by atoms with Gasteiger partial charge in [-0.2, -0.15) is 18.4 Å². The van der Waals surface area contributed by atoms with Crippen LogP contribution in [0, 0.1) is 17.1 Å². The van der Waals surface area contributed by atoms with Gasteiger partial charge in [0.15, 0.2) is 0 Å². The van der Waals surface area contributed by atoms with E-state index in [9.17, 15) is 27.6 Å². The molecule has 0 radical (unpaired) electrons. The zero-order valence-electron chi connectivity index (χ0n) is 19.1. The van der Waals surface area contributed by atoms with Crippen LogP contribution < -0.4 is 16.0 Å². The van der Waals surface area contributed by atoms with Gasteiger partial charge in [-0.3, -0.25) is 9.36 Å². The fourth-order valence-electron chi connectivity index (χ4n) is 3.80. The molecule has 0 amide bonds. The van der Waals surface area contributed by atoms with E-state index in [4.69, 9.17) is 10.5 Å². The van der Waals surface area contributed by atoms with Crippen molar-refractivity contribution in [3.8, 4) is 32.8 Å². The van der Waals surface area contributed by atoms with Crippen LogP contribution in [0.2, 0.25) is 0 Å². The molecule has 4 rings (SSSR count). The SMILES string of the molecule is CCOc1ccc(-c2ccc(-c3cc(C(F)(F)F)c(C#N)c(=O)n3C(F)c3ccccc3F)s2)cc1N. The predicted octanol–water partition coefficient (Wildman–Crippen LogP) is 6.77. The van der Waals surface area contributed by atoms with Crippen LogP contribution in [-0.2, 0) is 6.18 Å². The van der Waals surface area contributed by atoms with Crippen molar-refractivity contribution in [2.75, 3.05) is 12.3 Å². The molecule has 190 valence electrons. The van der Waals surface area contributed by atoms with Gasteiger partial charge in [0.25, 0.3) is 5.56 Å². The van der Waals surface area contributed by atoms with Gasteiger partial charge < -0.3 is 10.5 Å². The number of nitrogens with two attached hydrogens (primary N) is 1.